The Morgan fingerprint density at radius 1 is 1.11 bits per heavy atom. The van der Waals surface area contributed by atoms with E-state index < -0.39 is 0 Å². The number of rotatable bonds is 3. The third-order valence-electron chi connectivity index (χ3n) is 2.76. The Balaban J connectivity index is 2.01. The van der Waals surface area contributed by atoms with Crippen molar-refractivity contribution in [2.75, 3.05) is 0 Å². The minimum Gasteiger partial charge on any atom is -0.455 e. The molecule has 0 radical (unpaired) electrons. The van der Waals surface area contributed by atoms with Gasteiger partial charge in [0.2, 0.25) is 0 Å². The van der Waals surface area contributed by atoms with E-state index in [0.717, 1.165) is 22.2 Å². The molecule has 0 spiro atoms. The summed E-state index contributed by atoms with van der Waals surface area (Å²) in [4.78, 5) is 8.41. The van der Waals surface area contributed by atoms with Gasteiger partial charge in [0, 0.05) is 23.7 Å². The maximum absolute atomic E-state index is 5.87. The number of fused-ring (bicyclic) bond motifs is 1. The molecular weight excluding hydrogens is 260 g/mol. The van der Waals surface area contributed by atoms with Crippen LogP contribution >= 0.6 is 11.6 Å². The molecule has 0 fully saturated rings. The summed E-state index contributed by atoms with van der Waals surface area (Å²) in [5.41, 5.74) is 1.83. The summed E-state index contributed by atoms with van der Waals surface area (Å²) in [5, 5.41) is 0.973. The van der Waals surface area contributed by atoms with Crippen LogP contribution < -0.4 is 4.74 Å². The number of hydrogen-bond acceptors (Lipinski definition) is 3. The Morgan fingerprint density at radius 3 is 2.95 bits per heavy atom. The van der Waals surface area contributed by atoms with Crippen LogP contribution in [0.5, 0.6) is 11.5 Å². The molecule has 3 rings (SSSR count). The van der Waals surface area contributed by atoms with Gasteiger partial charge >= 0.3 is 0 Å². The highest BCUT2D eigenvalue weighted by atomic mass is 35.5. The molecule has 0 unspecified atom stereocenters. The summed E-state index contributed by atoms with van der Waals surface area (Å²) >= 11 is 5.79. The lowest BCUT2D eigenvalue weighted by Gasteiger charge is -2.08. The first-order valence-corrected chi connectivity index (χ1v) is 6.42. The van der Waals surface area contributed by atoms with Crippen molar-refractivity contribution >= 4 is 22.5 Å². The summed E-state index contributed by atoms with van der Waals surface area (Å²) in [5.74, 6) is 1.86. The highest BCUT2D eigenvalue weighted by Crippen LogP contribution is 2.28. The van der Waals surface area contributed by atoms with Crippen LogP contribution in [0.15, 0.2) is 55.0 Å². The van der Waals surface area contributed by atoms with Crippen LogP contribution in [0, 0.1) is 0 Å². The number of aromatic nitrogens is 2. The first kappa shape index (κ1) is 11.9. The molecule has 0 amide bonds. The fraction of sp³-hybridized carbons (Fsp3) is 0.0667. The van der Waals surface area contributed by atoms with Gasteiger partial charge in [-0.25, -0.2) is 0 Å². The topological polar surface area (TPSA) is 35.0 Å². The van der Waals surface area contributed by atoms with E-state index in [2.05, 4.69) is 9.97 Å². The lowest BCUT2D eigenvalue weighted by molar-refractivity contribution is 0.485. The fourth-order valence-electron chi connectivity index (χ4n) is 1.88. The van der Waals surface area contributed by atoms with Gasteiger partial charge in [0.05, 0.1) is 11.7 Å². The zero-order chi connectivity index (χ0) is 13.1. The smallest absolute Gasteiger partial charge is 0.146 e. The van der Waals surface area contributed by atoms with Crippen molar-refractivity contribution in [2.24, 2.45) is 0 Å². The molecule has 3 nitrogen and oxygen atoms in total. The zero-order valence-electron chi connectivity index (χ0n) is 10.1. The lowest BCUT2D eigenvalue weighted by atomic mass is 10.2. The third kappa shape index (κ3) is 2.51. The van der Waals surface area contributed by atoms with Gasteiger partial charge in [-0.2, -0.15) is 0 Å². The summed E-state index contributed by atoms with van der Waals surface area (Å²) in [6, 6.07) is 11.5. The van der Waals surface area contributed by atoms with Gasteiger partial charge < -0.3 is 4.74 Å². The monoisotopic (exact) mass is 270 g/mol. The van der Waals surface area contributed by atoms with E-state index in [1.54, 1.807) is 18.6 Å². The number of halogens is 1. The van der Waals surface area contributed by atoms with Crippen molar-refractivity contribution in [1.29, 1.82) is 0 Å². The Bertz CT molecular complexity index is 710. The molecule has 2 heterocycles. The maximum atomic E-state index is 5.87. The van der Waals surface area contributed by atoms with Crippen LogP contribution in [-0.4, -0.2) is 9.97 Å². The van der Waals surface area contributed by atoms with Gasteiger partial charge in [0.25, 0.3) is 0 Å². The van der Waals surface area contributed by atoms with Gasteiger partial charge in [-0.15, -0.1) is 11.6 Å². The van der Waals surface area contributed by atoms with E-state index in [0.29, 0.717) is 11.6 Å². The number of alkyl halides is 1. The van der Waals surface area contributed by atoms with Crippen molar-refractivity contribution in [3.8, 4) is 11.5 Å². The second kappa shape index (κ2) is 5.24. The van der Waals surface area contributed by atoms with Crippen molar-refractivity contribution in [1.82, 2.24) is 9.97 Å². The SMILES string of the molecule is ClCc1cncc(Oc2cccc3ncccc23)c1. The highest BCUT2D eigenvalue weighted by Gasteiger charge is 2.04. The summed E-state index contributed by atoms with van der Waals surface area (Å²) in [6.45, 7) is 0. The molecule has 19 heavy (non-hydrogen) atoms. The van der Waals surface area contributed by atoms with Crippen LogP contribution in [0.3, 0.4) is 0 Å². The molecule has 0 bridgehead atoms. The number of pyridine rings is 2. The summed E-state index contributed by atoms with van der Waals surface area (Å²) in [6.07, 6.45) is 5.16. The predicted octanol–water partition coefficient (Wildman–Crippen LogP) is 4.16. The molecule has 4 heteroatoms. The number of benzene rings is 1. The van der Waals surface area contributed by atoms with E-state index in [1.807, 2.05) is 36.4 Å². The first-order chi connectivity index (χ1) is 9.36. The van der Waals surface area contributed by atoms with Gasteiger partial charge in [-0.1, -0.05) is 6.07 Å². The molecule has 0 aliphatic heterocycles. The standard InChI is InChI=1S/C15H11ClN2O/c16-8-11-7-12(10-17-9-11)19-15-5-1-4-14-13(15)3-2-6-18-14/h1-7,9-10H,8H2. The van der Waals surface area contributed by atoms with Crippen molar-refractivity contribution in [2.45, 2.75) is 5.88 Å². The Morgan fingerprint density at radius 2 is 2.05 bits per heavy atom. The van der Waals surface area contributed by atoms with E-state index >= 15 is 0 Å². The van der Waals surface area contributed by atoms with Crippen LogP contribution in [0.4, 0.5) is 0 Å². The average molecular weight is 271 g/mol. The van der Waals surface area contributed by atoms with Crippen molar-refractivity contribution < 1.29 is 4.74 Å². The zero-order valence-corrected chi connectivity index (χ0v) is 10.8. The molecule has 3 aromatic rings. The van der Waals surface area contributed by atoms with Crippen LogP contribution in [0.2, 0.25) is 0 Å². The van der Waals surface area contributed by atoms with E-state index in [-0.39, 0.29) is 0 Å². The van der Waals surface area contributed by atoms with Crippen LogP contribution in [0.1, 0.15) is 5.56 Å². The Kier molecular flexibility index (Phi) is 3.29. The van der Waals surface area contributed by atoms with Crippen molar-refractivity contribution in [3.63, 3.8) is 0 Å². The number of hydrogen-bond donors (Lipinski definition) is 0. The maximum Gasteiger partial charge on any atom is 0.146 e. The third-order valence-corrected chi connectivity index (χ3v) is 3.07. The normalized spacial score (nSPS) is 10.6. The molecular formula is C15H11ClN2O. The molecule has 94 valence electrons. The Labute approximate surface area is 115 Å². The fourth-order valence-corrected chi connectivity index (χ4v) is 2.03. The second-order valence-corrected chi connectivity index (χ2v) is 4.36. The van der Waals surface area contributed by atoms with E-state index in [9.17, 15) is 0 Å². The molecule has 2 aromatic heterocycles. The molecule has 0 saturated carbocycles. The molecule has 0 aliphatic rings. The van der Waals surface area contributed by atoms with Crippen LogP contribution in [0.25, 0.3) is 10.9 Å². The molecule has 0 N–H and O–H groups in total. The van der Waals surface area contributed by atoms with Gasteiger partial charge in [-0.05, 0) is 35.9 Å². The number of ether oxygens (including phenoxy) is 1. The minimum atomic E-state index is 0.418. The summed E-state index contributed by atoms with van der Waals surface area (Å²) in [7, 11) is 0. The van der Waals surface area contributed by atoms with E-state index in [1.165, 1.54) is 0 Å². The molecule has 1 aromatic carbocycles. The van der Waals surface area contributed by atoms with Gasteiger partial charge in [-0.3, -0.25) is 9.97 Å². The van der Waals surface area contributed by atoms with Gasteiger partial charge in [0.1, 0.15) is 11.5 Å². The minimum absolute atomic E-state index is 0.418. The molecule has 0 atom stereocenters. The Hall–Kier alpha value is -2.13. The van der Waals surface area contributed by atoms with Crippen LogP contribution in [-0.2, 0) is 5.88 Å². The van der Waals surface area contributed by atoms with Crippen molar-refractivity contribution in [3.05, 3.63) is 60.6 Å². The predicted molar refractivity (Wildman–Crippen MR) is 75.6 cm³/mol. The number of nitrogens with zero attached hydrogens (tertiary/aromatic N) is 2. The molecule has 0 aliphatic carbocycles. The van der Waals surface area contributed by atoms with E-state index in [4.69, 9.17) is 16.3 Å². The largest absolute Gasteiger partial charge is 0.455 e. The lowest BCUT2D eigenvalue weighted by Crippen LogP contribution is -1.89. The quantitative estimate of drug-likeness (QED) is 0.670. The molecule has 0 saturated heterocycles. The average Bonchev–Trinajstić information content (AvgIpc) is 2.48. The highest BCUT2D eigenvalue weighted by molar-refractivity contribution is 6.17. The van der Waals surface area contributed by atoms with Gasteiger partial charge in [0.15, 0.2) is 0 Å². The summed E-state index contributed by atoms with van der Waals surface area (Å²) < 4.78 is 5.87. The second-order valence-electron chi connectivity index (χ2n) is 4.09. The first-order valence-electron chi connectivity index (χ1n) is 5.88.